The third kappa shape index (κ3) is 3.10. The first-order valence-corrected chi connectivity index (χ1v) is 9.46. The van der Waals surface area contributed by atoms with Gasteiger partial charge in [-0.3, -0.25) is 4.79 Å². The van der Waals surface area contributed by atoms with Gasteiger partial charge in [-0.25, -0.2) is 9.67 Å². The molecule has 1 aliphatic heterocycles. The monoisotopic (exact) mass is 364 g/mol. The molecule has 6 heteroatoms. The summed E-state index contributed by atoms with van der Waals surface area (Å²) in [5.74, 6) is -0.100. The van der Waals surface area contributed by atoms with E-state index in [-0.39, 0.29) is 17.9 Å². The predicted octanol–water partition coefficient (Wildman–Crippen LogP) is 3.05. The van der Waals surface area contributed by atoms with E-state index in [2.05, 4.69) is 17.0 Å². The smallest absolute Gasteiger partial charge is 0.274 e. The van der Waals surface area contributed by atoms with Crippen molar-refractivity contribution >= 4 is 16.8 Å². The second-order valence-electron chi connectivity index (χ2n) is 7.37. The van der Waals surface area contributed by atoms with E-state index in [1.807, 2.05) is 41.3 Å². The number of hydrogen-bond acceptors (Lipinski definition) is 4. The number of aliphatic hydroxyl groups is 1. The van der Waals surface area contributed by atoms with Gasteiger partial charge < -0.3 is 10.0 Å². The average molecular weight is 364 g/mol. The first-order valence-electron chi connectivity index (χ1n) is 9.46. The fraction of sp³-hybridized carbons (Fsp3) is 0.381. The van der Waals surface area contributed by atoms with Crippen LogP contribution in [0.4, 0.5) is 0 Å². The number of amides is 1. The number of rotatable bonds is 5. The number of benzene rings is 1. The van der Waals surface area contributed by atoms with Crippen LogP contribution in [0.3, 0.4) is 0 Å². The highest BCUT2D eigenvalue weighted by atomic mass is 16.3. The molecule has 6 nitrogen and oxygen atoms in total. The second-order valence-corrected chi connectivity index (χ2v) is 7.37. The number of carbonyl (C=O) groups is 1. The third-order valence-electron chi connectivity index (χ3n) is 5.54. The molecule has 1 aliphatic rings. The molecule has 0 radical (unpaired) electrons. The SMILES string of the molecule is CCCC1(CO)CCN(C(=O)c2ncccc2-n2ncc3ccccc32)C1. The second kappa shape index (κ2) is 7.12. The molecule has 0 aliphatic carbocycles. The maximum atomic E-state index is 13.2. The van der Waals surface area contributed by atoms with E-state index in [1.165, 1.54) is 0 Å². The number of hydrogen-bond donors (Lipinski definition) is 1. The van der Waals surface area contributed by atoms with Crippen LogP contribution in [0.5, 0.6) is 0 Å². The Labute approximate surface area is 158 Å². The number of likely N-dealkylation sites (tertiary alicyclic amines) is 1. The lowest BCUT2D eigenvalue weighted by atomic mass is 9.83. The molecule has 3 heterocycles. The Kier molecular flexibility index (Phi) is 4.66. The Bertz CT molecular complexity index is 967. The molecule has 4 rings (SSSR count). The Morgan fingerprint density at radius 1 is 1.26 bits per heavy atom. The van der Waals surface area contributed by atoms with Crippen molar-refractivity contribution in [3.8, 4) is 5.69 Å². The minimum atomic E-state index is -0.183. The molecule has 3 aromatic rings. The lowest BCUT2D eigenvalue weighted by Crippen LogP contribution is -2.35. The van der Waals surface area contributed by atoms with Crippen LogP contribution >= 0.6 is 0 Å². The Balaban J connectivity index is 1.69. The van der Waals surface area contributed by atoms with Gasteiger partial charge in [0.1, 0.15) is 0 Å². The summed E-state index contributed by atoms with van der Waals surface area (Å²) in [6.45, 7) is 3.45. The van der Waals surface area contributed by atoms with Crippen molar-refractivity contribution in [2.24, 2.45) is 5.41 Å². The summed E-state index contributed by atoms with van der Waals surface area (Å²) in [7, 11) is 0. The van der Waals surface area contributed by atoms with Crippen LogP contribution in [-0.4, -0.2) is 50.4 Å². The summed E-state index contributed by atoms with van der Waals surface area (Å²) < 4.78 is 1.77. The Morgan fingerprint density at radius 3 is 2.93 bits per heavy atom. The lowest BCUT2D eigenvalue weighted by molar-refractivity contribution is 0.0724. The molecule has 0 saturated carbocycles. The number of aliphatic hydroxyl groups excluding tert-OH is 1. The molecule has 27 heavy (non-hydrogen) atoms. The first kappa shape index (κ1) is 17.7. The molecular weight excluding hydrogens is 340 g/mol. The van der Waals surface area contributed by atoms with Gasteiger partial charge in [-0.2, -0.15) is 5.10 Å². The molecule has 1 atom stereocenters. The zero-order valence-electron chi connectivity index (χ0n) is 15.5. The Morgan fingerprint density at radius 2 is 2.11 bits per heavy atom. The number of carbonyl (C=O) groups excluding carboxylic acids is 1. The van der Waals surface area contributed by atoms with E-state index < -0.39 is 0 Å². The summed E-state index contributed by atoms with van der Waals surface area (Å²) in [6, 6.07) is 11.6. The van der Waals surface area contributed by atoms with Crippen molar-refractivity contribution < 1.29 is 9.90 Å². The van der Waals surface area contributed by atoms with Gasteiger partial charge in [0.05, 0.1) is 24.0 Å². The summed E-state index contributed by atoms with van der Waals surface area (Å²) in [4.78, 5) is 19.5. The van der Waals surface area contributed by atoms with Crippen molar-refractivity contribution in [3.63, 3.8) is 0 Å². The molecule has 2 aromatic heterocycles. The van der Waals surface area contributed by atoms with E-state index in [9.17, 15) is 9.90 Å². The van der Waals surface area contributed by atoms with Gasteiger partial charge in [-0.15, -0.1) is 0 Å². The molecule has 1 saturated heterocycles. The first-order chi connectivity index (χ1) is 13.2. The minimum absolute atomic E-state index is 0.100. The minimum Gasteiger partial charge on any atom is -0.396 e. The highest BCUT2D eigenvalue weighted by molar-refractivity contribution is 5.96. The summed E-state index contributed by atoms with van der Waals surface area (Å²) in [5.41, 5.74) is 1.84. The normalized spacial score (nSPS) is 19.7. The average Bonchev–Trinajstić information content (AvgIpc) is 3.33. The summed E-state index contributed by atoms with van der Waals surface area (Å²) in [6.07, 6.45) is 6.19. The fourth-order valence-electron chi connectivity index (χ4n) is 4.10. The van der Waals surface area contributed by atoms with Crippen molar-refractivity contribution in [1.29, 1.82) is 0 Å². The molecule has 1 unspecified atom stereocenters. The van der Waals surface area contributed by atoms with Crippen LogP contribution in [0.1, 0.15) is 36.7 Å². The van der Waals surface area contributed by atoms with Gasteiger partial charge in [-0.1, -0.05) is 31.5 Å². The molecule has 1 aromatic carbocycles. The molecular formula is C21H24N4O2. The van der Waals surface area contributed by atoms with Crippen molar-refractivity contribution in [2.75, 3.05) is 19.7 Å². The topological polar surface area (TPSA) is 71.2 Å². The van der Waals surface area contributed by atoms with Crippen LogP contribution in [0.15, 0.2) is 48.8 Å². The zero-order chi connectivity index (χ0) is 18.9. The number of aromatic nitrogens is 3. The van der Waals surface area contributed by atoms with Crippen LogP contribution in [0.2, 0.25) is 0 Å². The lowest BCUT2D eigenvalue weighted by Gasteiger charge is -2.26. The van der Waals surface area contributed by atoms with Crippen molar-refractivity contribution in [3.05, 3.63) is 54.5 Å². The molecule has 1 fully saturated rings. The molecule has 1 amide bonds. The van der Waals surface area contributed by atoms with E-state index >= 15 is 0 Å². The van der Waals surface area contributed by atoms with E-state index in [0.717, 1.165) is 30.2 Å². The van der Waals surface area contributed by atoms with Gasteiger partial charge in [0.25, 0.3) is 5.91 Å². The molecule has 1 N–H and O–H groups in total. The number of para-hydroxylation sites is 1. The largest absolute Gasteiger partial charge is 0.396 e. The van der Waals surface area contributed by atoms with E-state index in [0.29, 0.717) is 24.5 Å². The van der Waals surface area contributed by atoms with Crippen LogP contribution in [0.25, 0.3) is 16.6 Å². The predicted molar refractivity (Wildman–Crippen MR) is 104 cm³/mol. The van der Waals surface area contributed by atoms with Gasteiger partial charge in [0.2, 0.25) is 0 Å². The Hall–Kier alpha value is -2.73. The standard InChI is InChI=1S/C21H24N4O2/c1-2-9-21(15-26)10-12-24(14-21)20(27)19-18(8-5-11-22-19)25-17-7-4-3-6-16(17)13-23-25/h3-8,11,13,26H,2,9-10,12,14-15H2,1H3. The van der Waals surface area contributed by atoms with Gasteiger partial charge in [-0.05, 0) is 31.0 Å². The molecule has 140 valence electrons. The third-order valence-corrected chi connectivity index (χ3v) is 5.54. The van der Waals surface area contributed by atoms with Crippen molar-refractivity contribution in [2.45, 2.75) is 26.2 Å². The number of fused-ring (bicyclic) bond motifs is 1. The van der Waals surface area contributed by atoms with Gasteiger partial charge in [0, 0.05) is 30.1 Å². The van der Waals surface area contributed by atoms with Crippen LogP contribution < -0.4 is 0 Å². The highest BCUT2D eigenvalue weighted by Gasteiger charge is 2.39. The maximum absolute atomic E-state index is 13.2. The number of pyridine rings is 1. The molecule has 0 spiro atoms. The zero-order valence-corrected chi connectivity index (χ0v) is 15.5. The fourth-order valence-corrected chi connectivity index (χ4v) is 4.10. The van der Waals surface area contributed by atoms with Crippen molar-refractivity contribution in [1.82, 2.24) is 19.7 Å². The quantitative estimate of drug-likeness (QED) is 0.755. The van der Waals surface area contributed by atoms with Gasteiger partial charge in [0.15, 0.2) is 5.69 Å². The summed E-state index contributed by atoms with van der Waals surface area (Å²) >= 11 is 0. The van der Waals surface area contributed by atoms with Crippen LogP contribution in [-0.2, 0) is 0 Å². The maximum Gasteiger partial charge on any atom is 0.274 e. The van der Waals surface area contributed by atoms with E-state index in [1.54, 1.807) is 17.1 Å². The van der Waals surface area contributed by atoms with Gasteiger partial charge >= 0.3 is 0 Å². The molecule has 0 bridgehead atoms. The highest BCUT2D eigenvalue weighted by Crippen LogP contribution is 2.35. The summed E-state index contributed by atoms with van der Waals surface area (Å²) in [5, 5.41) is 15.4. The number of nitrogens with zero attached hydrogens (tertiary/aromatic N) is 4. The van der Waals surface area contributed by atoms with Crippen LogP contribution in [0, 0.1) is 5.41 Å². The van der Waals surface area contributed by atoms with E-state index in [4.69, 9.17) is 0 Å².